The molecule has 1 N–H and O–H groups in total. The van der Waals surface area contributed by atoms with Crippen LogP contribution in [0.5, 0.6) is 0 Å². The molecule has 1 atom stereocenters. The number of anilines is 1. The monoisotopic (exact) mass is 329 g/mol. The van der Waals surface area contributed by atoms with E-state index in [9.17, 15) is 9.50 Å². The molecule has 0 spiro atoms. The molecule has 3 nitrogen and oxygen atoms in total. The Morgan fingerprint density at radius 3 is 2.57 bits per heavy atom. The molecule has 0 aliphatic carbocycles. The number of aliphatic hydroxyl groups is 1. The number of benzene rings is 2. The summed E-state index contributed by atoms with van der Waals surface area (Å²) in [6.07, 6.45) is 1.11. The van der Waals surface area contributed by atoms with Gasteiger partial charge in [0, 0.05) is 11.3 Å². The minimum Gasteiger partial charge on any atom is -0.346 e. The molecule has 2 aliphatic rings. The van der Waals surface area contributed by atoms with Gasteiger partial charge in [0.05, 0.1) is 6.54 Å². The van der Waals surface area contributed by atoms with E-state index in [1.807, 2.05) is 35.2 Å². The Morgan fingerprint density at radius 1 is 1.09 bits per heavy atom. The summed E-state index contributed by atoms with van der Waals surface area (Å²) in [5.74, 6) is 0.767. The summed E-state index contributed by atoms with van der Waals surface area (Å²) in [6, 6.07) is 16.1. The summed E-state index contributed by atoms with van der Waals surface area (Å²) in [7, 11) is 0. The molecule has 0 saturated heterocycles. The Balaban J connectivity index is 1.84. The molecule has 2 aromatic carbocycles. The Kier molecular flexibility index (Phi) is 3.62. The van der Waals surface area contributed by atoms with Crippen LogP contribution in [0.2, 0.25) is 0 Å². The van der Waals surface area contributed by atoms with Gasteiger partial charge in [0.15, 0.2) is 6.54 Å². The van der Waals surface area contributed by atoms with Gasteiger partial charge in [-0.2, -0.15) is 4.90 Å². The lowest BCUT2D eigenvalue weighted by atomic mass is 10.0. The zero-order valence-electron chi connectivity index (χ0n) is 12.7. The third kappa shape index (κ3) is 2.44. The van der Waals surface area contributed by atoms with Crippen LogP contribution in [-0.4, -0.2) is 33.7 Å². The Bertz CT molecular complexity index is 747. The highest BCUT2D eigenvalue weighted by Gasteiger charge is 2.55. The van der Waals surface area contributed by atoms with Gasteiger partial charge >= 0.3 is 5.17 Å². The van der Waals surface area contributed by atoms with Crippen molar-refractivity contribution in [3.63, 3.8) is 0 Å². The van der Waals surface area contributed by atoms with E-state index in [2.05, 4.69) is 4.58 Å². The lowest BCUT2D eigenvalue weighted by Gasteiger charge is -2.28. The molecule has 2 heterocycles. The van der Waals surface area contributed by atoms with E-state index in [0.29, 0.717) is 6.54 Å². The first-order valence-electron chi connectivity index (χ1n) is 7.77. The largest absolute Gasteiger partial charge is 0.346 e. The van der Waals surface area contributed by atoms with E-state index in [-0.39, 0.29) is 5.82 Å². The zero-order valence-corrected chi connectivity index (χ0v) is 13.5. The molecule has 0 bridgehead atoms. The van der Waals surface area contributed by atoms with Gasteiger partial charge in [0.1, 0.15) is 11.5 Å². The number of hydrogen-bond acceptors (Lipinski definition) is 3. The van der Waals surface area contributed by atoms with Crippen molar-refractivity contribution in [3.05, 3.63) is 66.0 Å². The SMILES string of the molecule is O[C@]1(c2ccccc2)C[N+]2=C(SCCC2)N1c1ccc(F)cc1. The zero-order chi connectivity index (χ0) is 15.9. The summed E-state index contributed by atoms with van der Waals surface area (Å²) in [6.45, 7) is 1.46. The smallest absolute Gasteiger partial charge is 0.316 e. The van der Waals surface area contributed by atoms with Crippen molar-refractivity contribution in [2.45, 2.75) is 12.1 Å². The van der Waals surface area contributed by atoms with Gasteiger partial charge in [-0.25, -0.2) is 8.97 Å². The van der Waals surface area contributed by atoms with E-state index < -0.39 is 5.72 Å². The van der Waals surface area contributed by atoms with Crippen LogP contribution in [0.1, 0.15) is 12.0 Å². The molecule has 0 radical (unpaired) electrons. The Morgan fingerprint density at radius 2 is 1.83 bits per heavy atom. The second-order valence-corrected chi connectivity index (χ2v) is 6.96. The minimum absolute atomic E-state index is 0.269. The lowest BCUT2D eigenvalue weighted by Crippen LogP contribution is -2.46. The first-order valence-corrected chi connectivity index (χ1v) is 8.75. The number of hydrogen-bond donors (Lipinski definition) is 1. The average Bonchev–Trinajstić information content (AvgIpc) is 2.90. The number of halogens is 1. The summed E-state index contributed by atoms with van der Waals surface area (Å²) in [5.41, 5.74) is 0.530. The maximum Gasteiger partial charge on any atom is 0.316 e. The van der Waals surface area contributed by atoms with Crippen LogP contribution in [0.25, 0.3) is 0 Å². The fraction of sp³-hybridized carbons (Fsp3) is 0.278. The van der Waals surface area contributed by atoms with Crippen molar-refractivity contribution in [1.29, 1.82) is 0 Å². The van der Waals surface area contributed by atoms with Crippen molar-refractivity contribution < 1.29 is 14.1 Å². The number of nitrogens with zero attached hydrogens (tertiary/aromatic N) is 2. The van der Waals surface area contributed by atoms with Gasteiger partial charge in [-0.05, 0) is 42.4 Å². The summed E-state index contributed by atoms with van der Waals surface area (Å²) in [4.78, 5) is 1.95. The van der Waals surface area contributed by atoms with Gasteiger partial charge in [0.25, 0.3) is 5.72 Å². The molecular formula is C18H18FN2OS+. The van der Waals surface area contributed by atoms with Crippen molar-refractivity contribution in [2.75, 3.05) is 23.7 Å². The minimum atomic E-state index is -1.13. The molecule has 0 unspecified atom stereocenters. The van der Waals surface area contributed by atoms with E-state index in [4.69, 9.17) is 0 Å². The van der Waals surface area contributed by atoms with Gasteiger partial charge < -0.3 is 5.11 Å². The molecule has 4 rings (SSSR count). The van der Waals surface area contributed by atoms with Crippen molar-refractivity contribution in [2.24, 2.45) is 0 Å². The number of amidine groups is 1. The summed E-state index contributed by atoms with van der Waals surface area (Å²) < 4.78 is 15.5. The van der Waals surface area contributed by atoms with E-state index in [1.54, 1.807) is 23.9 Å². The molecule has 23 heavy (non-hydrogen) atoms. The van der Waals surface area contributed by atoms with Gasteiger partial charge in [-0.3, -0.25) is 0 Å². The maximum atomic E-state index is 13.3. The molecule has 118 valence electrons. The third-order valence-electron chi connectivity index (χ3n) is 4.37. The average molecular weight is 329 g/mol. The normalized spacial score (nSPS) is 24.0. The lowest BCUT2D eigenvalue weighted by molar-refractivity contribution is -0.532. The highest BCUT2D eigenvalue weighted by molar-refractivity contribution is 8.14. The summed E-state index contributed by atoms with van der Waals surface area (Å²) >= 11 is 1.75. The van der Waals surface area contributed by atoms with Crippen LogP contribution in [0.3, 0.4) is 0 Å². The molecule has 0 aromatic heterocycles. The van der Waals surface area contributed by atoms with E-state index in [0.717, 1.165) is 35.1 Å². The molecule has 0 fully saturated rings. The van der Waals surface area contributed by atoms with Crippen molar-refractivity contribution in [1.82, 2.24) is 0 Å². The second kappa shape index (κ2) is 5.65. The molecule has 0 amide bonds. The van der Waals surface area contributed by atoms with Crippen molar-refractivity contribution >= 4 is 22.6 Å². The fourth-order valence-corrected chi connectivity index (χ4v) is 4.47. The predicted molar refractivity (Wildman–Crippen MR) is 91.3 cm³/mol. The van der Waals surface area contributed by atoms with Crippen LogP contribution in [0.4, 0.5) is 10.1 Å². The fourth-order valence-electron chi connectivity index (χ4n) is 3.29. The van der Waals surface area contributed by atoms with Gasteiger partial charge in [0.2, 0.25) is 0 Å². The predicted octanol–water partition coefficient (Wildman–Crippen LogP) is 3.00. The second-order valence-electron chi connectivity index (χ2n) is 5.90. The Labute approximate surface area is 139 Å². The topological polar surface area (TPSA) is 26.5 Å². The first-order chi connectivity index (χ1) is 11.2. The van der Waals surface area contributed by atoms with Gasteiger partial charge in [-0.1, -0.05) is 30.3 Å². The highest BCUT2D eigenvalue weighted by atomic mass is 32.2. The highest BCUT2D eigenvalue weighted by Crippen LogP contribution is 2.39. The molecular weight excluding hydrogens is 311 g/mol. The van der Waals surface area contributed by atoms with Crippen LogP contribution in [0.15, 0.2) is 54.6 Å². The quantitative estimate of drug-likeness (QED) is 0.858. The van der Waals surface area contributed by atoms with Crippen molar-refractivity contribution in [3.8, 4) is 0 Å². The van der Waals surface area contributed by atoms with Crippen LogP contribution in [0, 0.1) is 5.82 Å². The number of rotatable bonds is 2. The standard InChI is InChI=1S/C18H18FN2OS/c19-15-7-9-16(10-8-15)21-17-20(11-4-12-23-17)13-18(21,22)14-5-2-1-3-6-14/h1-3,5-10,22H,4,11-13H2/q+1/t18-/m0/s1. The van der Waals surface area contributed by atoms with Crippen LogP contribution >= 0.6 is 11.8 Å². The van der Waals surface area contributed by atoms with E-state index >= 15 is 0 Å². The van der Waals surface area contributed by atoms with Crippen LogP contribution in [-0.2, 0) is 5.72 Å². The van der Waals surface area contributed by atoms with E-state index in [1.165, 1.54) is 12.1 Å². The third-order valence-corrected chi connectivity index (χ3v) is 5.56. The summed E-state index contributed by atoms with van der Waals surface area (Å²) in [5, 5.41) is 12.6. The molecule has 2 aromatic rings. The van der Waals surface area contributed by atoms with Crippen LogP contribution < -0.4 is 4.90 Å². The molecule has 5 heteroatoms. The maximum absolute atomic E-state index is 13.3. The molecule has 0 saturated carbocycles. The Hall–Kier alpha value is -1.85. The molecule has 2 aliphatic heterocycles. The number of thioether (sulfide) groups is 1. The van der Waals surface area contributed by atoms with Gasteiger partial charge in [-0.15, -0.1) is 0 Å². The first kappa shape index (κ1) is 14.7.